The molecule has 3 rings (SSSR count). The van der Waals surface area contributed by atoms with Crippen molar-refractivity contribution in [3.63, 3.8) is 0 Å². The highest BCUT2D eigenvalue weighted by Gasteiger charge is 2.08. The molecule has 3 aromatic rings. The molecule has 0 aliphatic rings. The van der Waals surface area contributed by atoms with E-state index in [1.54, 1.807) is 6.07 Å². The summed E-state index contributed by atoms with van der Waals surface area (Å²) in [5.74, 6) is 0. The zero-order chi connectivity index (χ0) is 14.8. The predicted octanol–water partition coefficient (Wildman–Crippen LogP) is 4.21. The van der Waals surface area contributed by atoms with Crippen molar-refractivity contribution in [2.45, 2.75) is 13.5 Å². The van der Waals surface area contributed by atoms with Crippen LogP contribution >= 0.6 is 11.3 Å². The highest BCUT2D eigenvalue weighted by Crippen LogP contribution is 2.24. The molecule has 0 aliphatic heterocycles. The van der Waals surface area contributed by atoms with E-state index < -0.39 is 0 Å². The molecule has 0 aliphatic carbocycles. The Labute approximate surface area is 128 Å². The molecule has 0 radical (unpaired) electrons. The highest BCUT2D eigenvalue weighted by atomic mass is 32.1. The minimum absolute atomic E-state index is 0.114. The third kappa shape index (κ3) is 2.98. The molecule has 1 aromatic heterocycles. The van der Waals surface area contributed by atoms with Gasteiger partial charge in [-0.3, -0.25) is 4.79 Å². The van der Waals surface area contributed by atoms with Gasteiger partial charge in [0.05, 0.1) is 0 Å². The number of aryl methyl sites for hydroxylation is 1. The highest BCUT2D eigenvalue weighted by molar-refractivity contribution is 7.16. The van der Waals surface area contributed by atoms with Crippen molar-refractivity contribution in [3.8, 4) is 0 Å². The largest absolute Gasteiger partial charge is 0.370 e. The third-order valence-corrected chi connectivity index (χ3v) is 4.48. The fourth-order valence-electron chi connectivity index (χ4n) is 2.50. The molecule has 0 fully saturated rings. The van der Waals surface area contributed by atoms with Crippen LogP contribution in [0, 0.1) is 6.92 Å². The average molecular weight is 295 g/mol. The SMILES string of the molecule is Cc1ccc2sc(=O)cc(CN(C)c3ccccc3)c2c1. The zero-order valence-corrected chi connectivity index (χ0v) is 13.0. The van der Waals surface area contributed by atoms with Crippen molar-refractivity contribution in [1.29, 1.82) is 0 Å². The van der Waals surface area contributed by atoms with Crippen LogP contribution in [0.15, 0.2) is 59.4 Å². The second-order valence-electron chi connectivity index (χ2n) is 5.28. The van der Waals surface area contributed by atoms with Gasteiger partial charge in [0, 0.05) is 30.0 Å². The molecule has 2 nitrogen and oxygen atoms in total. The molecule has 0 saturated carbocycles. The molecule has 3 heteroatoms. The van der Waals surface area contributed by atoms with Gasteiger partial charge >= 0.3 is 0 Å². The first-order valence-corrected chi connectivity index (χ1v) is 7.75. The molecule has 2 aromatic carbocycles. The molecule has 0 spiro atoms. The maximum absolute atomic E-state index is 11.9. The summed E-state index contributed by atoms with van der Waals surface area (Å²) in [6, 6.07) is 18.3. The molecule has 1 heterocycles. The topological polar surface area (TPSA) is 20.3 Å². The lowest BCUT2D eigenvalue weighted by molar-refractivity contribution is 0.930. The van der Waals surface area contributed by atoms with Gasteiger partial charge in [-0.2, -0.15) is 0 Å². The molecule has 0 unspecified atom stereocenters. The van der Waals surface area contributed by atoms with Crippen molar-refractivity contribution in [3.05, 3.63) is 75.3 Å². The van der Waals surface area contributed by atoms with E-state index in [9.17, 15) is 4.79 Å². The van der Waals surface area contributed by atoms with E-state index in [0.29, 0.717) is 0 Å². The summed E-state index contributed by atoms with van der Waals surface area (Å²) in [4.78, 5) is 14.1. The number of nitrogens with zero attached hydrogens (tertiary/aromatic N) is 1. The van der Waals surface area contributed by atoms with E-state index in [1.807, 2.05) is 24.3 Å². The normalized spacial score (nSPS) is 10.8. The quantitative estimate of drug-likeness (QED) is 0.721. The molecular weight excluding hydrogens is 278 g/mol. The number of rotatable bonds is 3. The van der Waals surface area contributed by atoms with Gasteiger partial charge in [-0.05, 0) is 36.1 Å². The monoisotopic (exact) mass is 295 g/mol. The minimum atomic E-state index is 0.114. The lowest BCUT2D eigenvalue weighted by Crippen LogP contribution is -2.17. The van der Waals surface area contributed by atoms with Crippen LogP contribution in [0.2, 0.25) is 0 Å². The van der Waals surface area contributed by atoms with Crippen molar-refractivity contribution >= 4 is 27.1 Å². The van der Waals surface area contributed by atoms with Gasteiger partial charge in [-0.1, -0.05) is 47.2 Å². The Kier molecular flexibility index (Phi) is 3.76. The smallest absolute Gasteiger partial charge is 0.233 e. The lowest BCUT2D eigenvalue weighted by atomic mass is 10.1. The molecule has 0 saturated heterocycles. The summed E-state index contributed by atoms with van der Waals surface area (Å²) in [5, 5.41) is 1.18. The number of benzene rings is 2. The Balaban J connectivity index is 2.04. The fraction of sp³-hybridized carbons (Fsp3) is 0.167. The molecule has 21 heavy (non-hydrogen) atoms. The van der Waals surface area contributed by atoms with Crippen LogP contribution in [0.5, 0.6) is 0 Å². The third-order valence-electron chi connectivity index (χ3n) is 3.59. The van der Waals surface area contributed by atoms with E-state index >= 15 is 0 Å². The second kappa shape index (κ2) is 5.70. The van der Waals surface area contributed by atoms with E-state index in [-0.39, 0.29) is 4.74 Å². The summed E-state index contributed by atoms with van der Waals surface area (Å²) in [6.07, 6.45) is 0. The van der Waals surface area contributed by atoms with E-state index in [2.05, 4.69) is 43.1 Å². The van der Waals surface area contributed by atoms with Crippen LogP contribution in [0.4, 0.5) is 5.69 Å². The summed E-state index contributed by atoms with van der Waals surface area (Å²) in [5.41, 5.74) is 3.46. The molecule has 0 N–H and O–H groups in total. The van der Waals surface area contributed by atoms with Crippen LogP contribution in [-0.2, 0) is 6.54 Å². The first kappa shape index (κ1) is 13.8. The zero-order valence-electron chi connectivity index (χ0n) is 12.2. The lowest BCUT2D eigenvalue weighted by Gasteiger charge is -2.20. The number of para-hydroxylation sites is 1. The number of anilines is 1. The van der Waals surface area contributed by atoms with E-state index in [1.165, 1.54) is 22.3 Å². The van der Waals surface area contributed by atoms with E-state index in [4.69, 9.17) is 0 Å². The standard InChI is InChI=1S/C18H17NOS/c1-13-8-9-17-16(10-13)14(11-18(20)21-17)12-19(2)15-6-4-3-5-7-15/h3-11H,12H2,1-2H3. The van der Waals surface area contributed by atoms with Gasteiger partial charge in [0.1, 0.15) is 0 Å². The van der Waals surface area contributed by atoms with Crippen molar-refractivity contribution in [2.24, 2.45) is 0 Å². The Bertz CT molecular complexity index is 823. The first-order chi connectivity index (χ1) is 10.1. The maximum Gasteiger partial charge on any atom is 0.233 e. The number of fused-ring (bicyclic) bond motifs is 1. The predicted molar refractivity (Wildman–Crippen MR) is 91.4 cm³/mol. The average Bonchev–Trinajstić information content (AvgIpc) is 2.49. The van der Waals surface area contributed by atoms with Gasteiger partial charge in [0.25, 0.3) is 0 Å². The maximum atomic E-state index is 11.9. The summed E-state index contributed by atoms with van der Waals surface area (Å²) in [7, 11) is 2.05. The Morgan fingerprint density at radius 2 is 1.81 bits per heavy atom. The van der Waals surface area contributed by atoms with Gasteiger partial charge in [0.15, 0.2) is 0 Å². The van der Waals surface area contributed by atoms with Crippen LogP contribution in [-0.4, -0.2) is 7.05 Å². The van der Waals surface area contributed by atoms with Gasteiger partial charge in [-0.25, -0.2) is 0 Å². The molecule has 0 amide bonds. The van der Waals surface area contributed by atoms with Crippen LogP contribution in [0.25, 0.3) is 10.1 Å². The number of hydrogen-bond donors (Lipinski definition) is 0. The fourth-order valence-corrected chi connectivity index (χ4v) is 3.36. The molecule has 106 valence electrons. The van der Waals surface area contributed by atoms with E-state index in [0.717, 1.165) is 22.5 Å². The first-order valence-electron chi connectivity index (χ1n) is 6.93. The van der Waals surface area contributed by atoms with Gasteiger partial charge in [0.2, 0.25) is 4.74 Å². The van der Waals surface area contributed by atoms with Crippen molar-refractivity contribution < 1.29 is 0 Å². The van der Waals surface area contributed by atoms with Crippen LogP contribution in [0.1, 0.15) is 11.1 Å². The summed E-state index contributed by atoms with van der Waals surface area (Å²) < 4.78 is 1.17. The Morgan fingerprint density at radius 3 is 2.57 bits per heavy atom. The Morgan fingerprint density at radius 1 is 1.05 bits per heavy atom. The summed E-state index contributed by atoms with van der Waals surface area (Å²) >= 11 is 1.31. The second-order valence-corrected chi connectivity index (χ2v) is 6.33. The van der Waals surface area contributed by atoms with Crippen molar-refractivity contribution in [1.82, 2.24) is 0 Å². The van der Waals surface area contributed by atoms with Crippen LogP contribution < -0.4 is 9.64 Å². The van der Waals surface area contributed by atoms with Gasteiger partial charge in [-0.15, -0.1) is 0 Å². The van der Waals surface area contributed by atoms with Crippen LogP contribution in [0.3, 0.4) is 0 Å². The molecule has 0 bridgehead atoms. The summed E-state index contributed by atoms with van der Waals surface area (Å²) in [6.45, 7) is 2.81. The van der Waals surface area contributed by atoms with Gasteiger partial charge < -0.3 is 4.90 Å². The van der Waals surface area contributed by atoms with Crippen molar-refractivity contribution in [2.75, 3.05) is 11.9 Å². The molecule has 0 atom stereocenters. The Hall–Kier alpha value is -2.13. The molecular formula is C18H17NOS. The number of hydrogen-bond acceptors (Lipinski definition) is 3. The minimum Gasteiger partial charge on any atom is -0.370 e.